The average molecular weight is 236 g/mol. The third-order valence-electron chi connectivity index (χ3n) is 2.85. The van der Waals surface area contributed by atoms with Crippen molar-refractivity contribution in [1.82, 2.24) is 0 Å². The van der Waals surface area contributed by atoms with Crippen molar-refractivity contribution in [3.05, 3.63) is 54.1 Å². The van der Waals surface area contributed by atoms with Gasteiger partial charge in [0.25, 0.3) is 0 Å². The average Bonchev–Trinajstić information content (AvgIpc) is 2.46. The van der Waals surface area contributed by atoms with Crippen LogP contribution >= 0.6 is 0 Å². The van der Waals surface area contributed by atoms with Crippen LogP contribution in [0.2, 0.25) is 0 Å². The molecule has 2 rings (SSSR count). The molecule has 0 aliphatic carbocycles. The predicted octanol–water partition coefficient (Wildman–Crippen LogP) is 3.93. The van der Waals surface area contributed by atoms with E-state index in [-0.39, 0.29) is 0 Å². The van der Waals surface area contributed by atoms with E-state index in [9.17, 15) is 0 Å². The Labute approximate surface area is 108 Å². The van der Waals surface area contributed by atoms with Crippen LogP contribution in [0, 0.1) is 12.3 Å². The summed E-state index contributed by atoms with van der Waals surface area (Å²) in [5.74, 6) is 3.26. The molecule has 0 aliphatic heterocycles. The van der Waals surface area contributed by atoms with Crippen LogP contribution in [0.25, 0.3) is 11.1 Å². The molecular formula is C17H16O. The van der Waals surface area contributed by atoms with Crippen molar-refractivity contribution in [3.8, 4) is 29.2 Å². The summed E-state index contributed by atoms with van der Waals surface area (Å²) in [7, 11) is 0. The zero-order valence-corrected chi connectivity index (χ0v) is 10.5. The summed E-state index contributed by atoms with van der Waals surface area (Å²) in [6.45, 7) is 2.47. The van der Waals surface area contributed by atoms with E-state index in [2.05, 4.69) is 49.2 Å². The van der Waals surface area contributed by atoms with E-state index in [1.165, 1.54) is 16.7 Å². The fourth-order valence-corrected chi connectivity index (χ4v) is 1.84. The van der Waals surface area contributed by atoms with Crippen molar-refractivity contribution in [2.24, 2.45) is 0 Å². The van der Waals surface area contributed by atoms with Crippen molar-refractivity contribution in [1.29, 1.82) is 0 Å². The molecule has 0 heterocycles. The lowest BCUT2D eigenvalue weighted by Gasteiger charge is -2.06. The van der Waals surface area contributed by atoms with Gasteiger partial charge in [0.15, 0.2) is 0 Å². The van der Waals surface area contributed by atoms with Crippen LogP contribution in [0.1, 0.15) is 12.5 Å². The molecule has 1 heteroatoms. The fourth-order valence-electron chi connectivity index (χ4n) is 1.84. The second-order valence-electron chi connectivity index (χ2n) is 4.07. The van der Waals surface area contributed by atoms with E-state index in [1.54, 1.807) is 0 Å². The van der Waals surface area contributed by atoms with Gasteiger partial charge in [-0.25, -0.2) is 0 Å². The van der Waals surface area contributed by atoms with E-state index < -0.39 is 0 Å². The number of hydrogen-bond acceptors (Lipinski definition) is 1. The Morgan fingerprint density at radius 2 is 1.83 bits per heavy atom. The van der Waals surface area contributed by atoms with Crippen LogP contribution in [-0.4, -0.2) is 6.61 Å². The predicted molar refractivity (Wildman–Crippen MR) is 75.6 cm³/mol. The molecule has 0 aromatic heterocycles. The Bertz CT molecular complexity index is 547. The summed E-state index contributed by atoms with van der Waals surface area (Å²) < 4.78 is 5.35. The topological polar surface area (TPSA) is 9.23 Å². The van der Waals surface area contributed by atoms with Gasteiger partial charge >= 0.3 is 0 Å². The minimum atomic E-state index is 0.310. The summed E-state index contributed by atoms with van der Waals surface area (Å²) in [5.41, 5.74) is 3.77. The molecule has 0 saturated heterocycles. The molecule has 18 heavy (non-hydrogen) atoms. The largest absolute Gasteiger partial charge is 0.481 e. The van der Waals surface area contributed by atoms with Gasteiger partial charge in [-0.1, -0.05) is 49.2 Å². The lowest BCUT2D eigenvalue weighted by atomic mass is 10.0. The molecule has 2 aromatic rings. The smallest absolute Gasteiger partial charge is 0.148 e. The van der Waals surface area contributed by atoms with Gasteiger partial charge in [-0.2, -0.15) is 0 Å². The standard InChI is InChI=1S/C17H16O/c1-3-12-18-17-10-8-15(9-11-17)16-7-5-6-14(4-2)13-16/h1,5-11,13H,4,12H2,2H3. The number of terminal acetylenes is 1. The van der Waals surface area contributed by atoms with E-state index in [0.717, 1.165) is 12.2 Å². The third kappa shape index (κ3) is 2.93. The summed E-state index contributed by atoms with van der Waals surface area (Å²) in [4.78, 5) is 0. The molecule has 0 fully saturated rings. The summed E-state index contributed by atoms with van der Waals surface area (Å²) in [5, 5.41) is 0. The van der Waals surface area contributed by atoms with Crippen molar-refractivity contribution < 1.29 is 4.74 Å². The van der Waals surface area contributed by atoms with Gasteiger partial charge in [-0.05, 0) is 35.2 Å². The Kier molecular flexibility index (Phi) is 4.04. The first-order valence-corrected chi connectivity index (χ1v) is 6.09. The van der Waals surface area contributed by atoms with Crippen LogP contribution in [0.5, 0.6) is 5.75 Å². The summed E-state index contributed by atoms with van der Waals surface area (Å²) in [6, 6.07) is 16.6. The molecule has 1 nitrogen and oxygen atoms in total. The molecular weight excluding hydrogens is 220 g/mol. The van der Waals surface area contributed by atoms with Gasteiger partial charge in [-0.15, -0.1) is 6.42 Å². The fraction of sp³-hybridized carbons (Fsp3) is 0.176. The molecule has 0 aliphatic rings. The number of hydrogen-bond donors (Lipinski definition) is 0. The molecule has 0 radical (unpaired) electrons. The monoisotopic (exact) mass is 236 g/mol. The molecule has 0 bridgehead atoms. The first-order chi connectivity index (χ1) is 8.83. The number of benzene rings is 2. The first kappa shape index (κ1) is 12.3. The summed E-state index contributed by atoms with van der Waals surface area (Å²) >= 11 is 0. The van der Waals surface area contributed by atoms with Crippen molar-refractivity contribution >= 4 is 0 Å². The van der Waals surface area contributed by atoms with Gasteiger partial charge < -0.3 is 4.74 Å². The zero-order valence-electron chi connectivity index (χ0n) is 10.5. The van der Waals surface area contributed by atoms with E-state index in [0.29, 0.717) is 6.61 Å². The van der Waals surface area contributed by atoms with Gasteiger partial charge in [-0.3, -0.25) is 0 Å². The SMILES string of the molecule is C#CCOc1ccc(-c2cccc(CC)c2)cc1. The molecule has 2 aromatic carbocycles. The molecule has 0 atom stereocenters. The second kappa shape index (κ2) is 5.93. The van der Waals surface area contributed by atoms with Crippen molar-refractivity contribution in [2.75, 3.05) is 6.61 Å². The van der Waals surface area contributed by atoms with Crippen LogP contribution in [0.4, 0.5) is 0 Å². The minimum Gasteiger partial charge on any atom is -0.481 e. The molecule has 0 N–H and O–H groups in total. The maximum absolute atomic E-state index is 5.35. The van der Waals surface area contributed by atoms with Crippen LogP contribution in [0.3, 0.4) is 0 Å². The van der Waals surface area contributed by atoms with Crippen molar-refractivity contribution in [2.45, 2.75) is 13.3 Å². The Morgan fingerprint density at radius 3 is 2.50 bits per heavy atom. The number of ether oxygens (including phenoxy) is 1. The van der Waals surface area contributed by atoms with E-state index in [1.807, 2.05) is 12.1 Å². The van der Waals surface area contributed by atoms with E-state index >= 15 is 0 Å². The Balaban J connectivity index is 2.20. The molecule has 0 spiro atoms. The lowest BCUT2D eigenvalue weighted by Crippen LogP contribution is -1.92. The minimum absolute atomic E-state index is 0.310. The highest BCUT2D eigenvalue weighted by Gasteiger charge is 1.99. The lowest BCUT2D eigenvalue weighted by molar-refractivity contribution is 0.370. The van der Waals surface area contributed by atoms with Crippen LogP contribution in [0.15, 0.2) is 48.5 Å². The van der Waals surface area contributed by atoms with E-state index in [4.69, 9.17) is 11.2 Å². The highest BCUT2D eigenvalue weighted by atomic mass is 16.5. The Hall–Kier alpha value is -2.20. The Morgan fingerprint density at radius 1 is 1.06 bits per heavy atom. The second-order valence-corrected chi connectivity index (χ2v) is 4.07. The van der Waals surface area contributed by atoms with Crippen molar-refractivity contribution in [3.63, 3.8) is 0 Å². The first-order valence-electron chi connectivity index (χ1n) is 6.09. The van der Waals surface area contributed by atoms with Gasteiger partial charge in [0.1, 0.15) is 12.4 Å². The van der Waals surface area contributed by atoms with Gasteiger partial charge in [0.2, 0.25) is 0 Å². The van der Waals surface area contributed by atoms with Gasteiger partial charge in [0.05, 0.1) is 0 Å². The third-order valence-corrected chi connectivity index (χ3v) is 2.85. The quantitative estimate of drug-likeness (QED) is 0.731. The maximum Gasteiger partial charge on any atom is 0.148 e. The molecule has 0 unspecified atom stereocenters. The number of rotatable bonds is 4. The zero-order chi connectivity index (χ0) is 12.8. The van der Waals surface area contributed by atoms with Crippen LogP contribution in [-0.2, 0) is 6.42 Å². The molecule has 90 valence electrons. The summed E-state index contributed by atoms with van der Waals surface area (Å²) in [6.07, 6.45) is 6.21. The van der Waals surface area contributed by atoms with Crippen LogP contribution < -0.4 is 4.74 Å². The highest BCUT2D eigenvalue weighted by molar-refractivity contribution is 5.64. The molecule has 0 amide bonds. The maximum atomic E-state index is 5.35. The number of aryl methyl sites for hydroxylation is 1. The molecule has 0 saturated carbocycles. The highest BCUT2D eigenvalue weighted by Crippen LogP contribution is 2.23. The van der Waals surface area contributed by atoms with Gasteiger partial charge in [0, 0.05) is 0 Å². The normalized spacial score (nSPS) is 9.78.